The lowest BCUT2D eigenvalue weighted by atomic mass is 10.1. The second kappa shape index (κ2) is 6.40. The molecule has 0 aromatic heterocycles. The summed E-state index contributed by atoms with van der Waals surface area (Å²) < 4.78 is 0. The minimum absolute atomic E-state index is 0.0279. The summed E-state index contributed by atoms with van der Waals surface area (Å²) in [7, 11) is 1.56. The molecule has 1 unspecified atom stereocenters. The third kappa shape index (κ3) is 6.06. The predicted molar refractivity (Wildman–Crippen MR) is 57.2 cm³/mol. The second-order valence-electron chi connectivity index (χ2n) is 3.99. The molecule has 1 atom stereocenters. The van der Waals surface area contributed by atoms with E-state index in [4.69, 9.17) is 0 Å². The fourth-order valence-corrected chi connectivity index (χ4v) is 0.837. The molecule has 0 fully saturated rings. The molecule has 0 saturated heterocycles. The zero-order valence-electron chi connectivity index (χ0n) is 9.78. The van der Waals surface area contributed by atoms with Gasteiger partial charge in [0, 0.05) is 20.5 Å². The highest BCUT2D eigenvalue weighted by atomic mass is 16.3. The smallest absolute Gasteiger partial charge is 0.239 e. The fourth-order valence-electron chi connectivity index (χ4n) is 0.837. The van der Waals surface area contributed by atoms with Crippen molar-refractivity contribution in [1.29, 1.82) is 0 Å². The molecule has 0 aliphatic heterocycles. The quantitative estimate of drug-likeness (QED) is 0.657. The van der Waals surface area contributed by atoms with Crippen molar-refractivity contribution in [3.63, 3.8) is 0 Å². The Hall–Kier alpha value is -1.10. The number of nitrogens with one attached hydrogen (secondary N) is 1. The highest BCUT2D eigenvalue weighted by molar-refractivity contribution is 5.83. The summed E-state index contributed by atoms with van der Waals surface area (Å²) in [5, 5.41) is 12.0. The minimum Gasteiger partial charge on any atom is -0.391 e. The van der Waals surface area contributed by atoms with E-state index in [0.29, 0.717) is 0 Å². The van der Waals surface area contributed by atoms with E-state index in [2.05, 4.69) is 5.32 Å². The largest absolute Gasteiger partial charge is 0.391 e. The van der Waals surface area contributed by atoms with E-state index < -0.39 is 6.10 Å². The van der Waals surface area contributed by atoms with Crippen LogP contribution in [0.1, 0.15) is 20.8 Å². The highest BCUT2D eigenvalue weighted by Gasteiger charge is 2.12. The van der Waals surface area contributed by atoms with Crippen LogP contribution in [0.25, 0.3) is 0 Å². The van der Waals surface area contributed by atoms with Crippen LogP contribution in [-0.2, 0) is 9.59 Å². The molecule has 5 nitrogen and oxygen atoms in total. The van der Waals surface area contributed by atoms with Gasteiger partial charge in [0.15, 0.2) is 0 Å². The molecule has 2 N–H and O–H groups in total. The summed E-state index contributed by atoms with van der Waals surface area (Å²) in [5.41, 5.74) is 0. The van der Waals surface area contributed by atoms with E-state index in [9.17, 15) is 14.7 Å². The molecule has 0 aromatic carbocycles. The summed E-state index contributed by atoms with van der Waals surface area (Å²) in [4.78, 5) is 23.4. The van der Waals surface area contributed by atoms with Crippen LogP contribution < -0.4 is 5.32 Å². The first-order chi connectivity index (χ1) is 6.84. The van der Waals surface area contributed by atoms with Gasteiger partial charge in [-0.05, 0) is 5.92 Å². The van der Waals surface area contributed by atoms with Gasteiger partial charge < -0.3 is 15.3 Å². The van der Waals surface area contributed by atoms with Gasteiger partial charge in [0.1, 0.15) is 0 Å². The van der Waals surface area contributed by atoms with Gasteiger partial charge in [0.25, 0.3) is 0 Å². The van der Waals surface area contributed by atoms with E-state index in [1.165, 1.54) is 11.8 Å². The Balaban J connectivity index is 3.80. The van der Waals surface area contributed by atoms with E-state index >= 15 is 0 Å². The number of amides is 2. The van der Waals surface area contributed by atoms with Crippen molar-refractivity contribution in [2.24, 2.45) is 5.92 Å². The molecule has 0 saturated carbocycles. The monoisotopic (exact) mass is 216 g/mol. The number of rotatable bonds is 5. The predicted octanol–water partition coefficient (Wildman–Crippen LogP) is -0.402. The van der Waals surface area contributed by atoms with Crippen LogP contribution in [0, 0.1) is 5.92 Å². The minimum atomic E-state index is -0.545. The Labute approximate surface area is 90.5 Å². The van der Waals surface area contributed by atoms with Crippen LogP contribution in [0.3, 0.4) is 0 Å². The second-order valence-corrected chi connectivity index (χ2v) is 3.99. The van der Waals surface area contributed by atoms with Crippen molar-refractivity contribution >= 4 is 11.8 Å². The SMILES string of the molecule is CC(=O)N(C)CC(=O)NCC(O)C(C)C. The number of hydrogen-bond donors (Lipinski definition) is 2. The third-order valence-corrected chi connectivity index (χ3v) is 2.20. The lowest BCUT2D eigenvalue weighted by molar-refractivity contribution is -0.133. The molecular formula is C10H20N2O3. The van der Waals surface area contributed by atoms with E-state index in [1.54, 1.807) is 7.05 Å². The van der Waals surface area contributed by atoms with Gasteiger partial charge >= 0.3 is 0 Å². The van der Waals surface area contributed by atoms with Crippen molar-refractivity contribution < 1.29 is 14.7 Å². The van der Waals surface area contributed by atoms with Crippen LogP contribution in [-0.4, -0.2) is 48.1 Å². The summed E-state index contributed by atoms with van der Waals surface area (Å²) in [6.45, 7) is 5.40. The molecule has 0 aliphatic rings. The standard InChI is InChI=1S/C10H20N2O3/c1-7(2)9(14)5-11-10(15)6-12(4)8(3)13/h7,9,14H,5-6H2,1-4H3,(H,11,15). The van der Waals surface area contributed by atoms with Crippen LogP contribution in [0.15, 0.2) is 0 Å². The number of likely N-dealkylation sites (N-methyl/N-ethyl adjacent to an activating group) is 1. The first-order valence-electron chi connectivity index (χ1n) is 5.01. The first kappa shape index (κ1) is 13.9. The Bertz CT molecular complexity index is 229. The molecule has 0 bridgehead atoms. The van der Waals surface area contributed by atoms with Crippen LogP contribution in [0.4, 0.5) is 0 Å². The van der Waals surface area contributed by atoms with E-state index in [-0.39, 0.29) is 30.8 Å². The lowest BCUT2D eigenvalue weighted by Crippen LogP contribution is -2.41. The molecule has 88 valence electrons. The van der Waals surface area contributed by atoms with Crippen LogP contribution in [0.2, 0.25) is 0 Å². The van der Waals surface area contributed by atoms with E-state index in [1.807, 2.05) is 13.8 Å². The molecule has 0 spiro atoms. The summed E-state index contributed by atoms with van der Waals surface area (Å²) in [6, 6.07) is 0. The molecule has 15 heavy (non-hydrogen) atoms. The normalized spacial score (nSPS) is 12.4. The Morgan fingerprint density at radius 3 is 2.33 bits per heavy atom. The van der Waals surface area contributed by atoms with E-state index in [0.717, 1.165) is 0 Å². The maximum atomic E-state index is 11.3. The number of carbonyl (C=O) groups excluding carboxylic acids is 2. The van der Waals surface area contributed by atoms with Gasteiger partial charge in [-0.25, -0.2) is 0 Å². The van der Waals surface area contributed by atoms with Gasteiger partial charge in [-0.1, -0.05) is 13.8 Å². The molecule has 0 aliphatic carbocycles. The number of hydrogen-bond acceptors (Lipinski definition) is 3. The fraction of sp³-hybridized carbons (Fsp3) is 0.800. The molecule has 5 heteroatoms. The molecule has 0 aromatic rings. The zero-order chi connectivity index (χ0) is 12.0. The lowest BCUT2D eigenvalue weighted by Gasteiger charge is -2.17. The maximum absolute atomic E-state index is 11.3. The van der Waals surface area contributed by atoms with Crippen molar-refractivity contribution in [1.82, 2.24) is 10.2 Å². The van der Waals surface area contributed by atoms with Crippen molar-refractivity contribution in [2.75, 3.05) is 20.1 Å². The average molecular weight is 216 g/mol. The van der Waals surface area contributed by atoms with Gasteiger partial charge in [0.05, 0.1) is 12.6 Å². The zero-order valence-corrected chi connectivity index (χ0v) is 9.78. The van der Waals surface area contributed by atoms with Crippen molar-refractivity contribution in [3.8, 4) is 0 Å². The molecule has 0 radical (unpaired) electrons. The number of aliphatic hydroxyl groups excluding tert-OH is 1. The number of aliphatic hydroxyl groups is 1. The molecule has 0 rings (SSSR count). The summed E-state index contributed by atoms with van der Waals surface area (Å²) >= 11 is 0. The van der Waals surface area contributed by atoms with Crippen LogP contribution >= 0.6 is 0 Å². The first-order valence-corrected chi connectivity index (χ1v) is 5.01. The topological polar surface area (TPSA) is 69.6 Å². The highest BCUT2D eigenvalue weighted by Crippen LogP contribution is 1.98. The van der Waals surface area contributed by atoms with Gasteiger partial charge in [-0.2, -0.15) is 0 Å². The molecule has 2 amide bonds. The summed E-state index contributed by atoms with van der Waals surface area (Å²) in [6.07, 6.45) is -0.545. The van der Waals surface area contributed by atoms with Crippen molar-refractivity contribution in [3.05, 3.63) is 0 Å². The number of carbonyl (C=O) groups is 2. The number of nitrogens with zero attached hydrogens (tertiary/aromatic N) is 1. The summed E-state index contributed by atoms with van der Waals surface area (Å²) in [5.74, 6) is -0.308. The van der Waals surface area contributed by atoms with Gasteiger partial charge in [-0.15, -0.1) is 0 Å². The molecule has 0 heterocycles. The Kier molecular flexibility index (Phi) is 5.93. The average Bonchev–Trinajstić information content (AvgIpc) is 2.13. The van der Waals surface area contributed by atoms with Crippen LogP contribution in [0.5, 0.6) is 0 Å². The maximum Gasteiger partial charge on any atom is 0.239 e. The Morgan fingerprint density at radius 2 is 1.93 bits per heavy atom. The van der Waals surface area contributed by atoms with Gasteiger partial charge in [-0.3, -0.25) is 9.59 Å². The molecular weight excluding hydrogens is 196 g/mol. The van der Waals surface area contributed by atoms with Gasteiger partial charge in [0.2, 0.25) is 11.8 Å². The third-order valence-electron chi connectivity index (χ3n) is 2.20. The Morgan fingerprint density at radius 1 is 1.40 bits per heavy atom. The van der Waals surface area contributed by atoms with Crippen molar-refractivity contribution in [2.45, 2.75) is 26.9 Å².